The molecular weight excluding hydrogens is 316 g/mol. The predicted molar refractivity (Wildman–Crippen MR) is 95.5 cm³/mol. The normalized spacial score (nSPS) is 22.5. The summed E-state index contributed by atoms with van der Waals surface area (Å²) < 4.78 is 5.35. The van der Waals surface area contributed by atoms with Crippen LogP contribution in [0.5, 0.6) is 0 Å². The molecule has 2 aromatic rings. The number of hydrogen-bond donors (Lipinski definition) is 2. The summed E-state index contributed by atoms with van der Waals surface area (Å²) in [5.74, 6) is -0.173. The quantitative estimate of drug-likeness (QED) is 0.900. The largest absolute Gasteiger partial charge is 0.391 e. The van der Waals surface area contributed by atoms with E-state index in [4.69, 9.17) is 4.74 Å². The van der Waals surface area contributed by atoms with E-state index < -0.39 is 6.10 Å². The van der Waals surface area contributed by atoms with E-state index in [1.807, 2.05) is 18.2 Å². The number of anilines is 1. The van der Waals surface area contributed by atoms with E-state index in [9.17, 15) is 9.90 Å². The van der Waals surface area contributed by atoms with Gasteiger partial charge in [-0.1, -0.05) is 30.3 Å². The zero-order valence-electron chi connectivity index (χ0n) is 14.0. The van der Waals surface area contributed by atoms with Crippen molar-refractivity contribution in [1.82, 2.24) is 5.32 Å². The van der Waals surface area contributed by atoms with E-state index in [2.05, 4.69) is 34.5 Å². The van der Waals surface area contributed by atoms with Gasteiger partial charge in [-0.3, -0.25) is 4.79 Å². The Kier molecular flexibility index (Phi) is 4.42. The predicted octanol–water partition coefficient (Wildman–Crippen LogP) is 2.09. The lowest BCUT2D eigenvalue weighted by atomic mass is 10.1. The molecule has 2 N–H and O–H groups in total. The molecule has 0 radical (unpaired) electrons. The third kappa shape index (κ3) is 3.38. The minimum absolute atomic E-state index is 0.173. The average molecular weight is 338 g/mol. The molecule has 2 aliphatic rings. The van der Waals surface area contributed by atoms with E-state index in [1.165, 1.54) is 11.1 Å². The SMILES string of the molecule is O=C(N[C@@H]1COCC[C@H]1O)c1cccc(N2Cc3ccccc3C2)c1. The fraction of sp³-hybridized carbons (Fsp3) is 0.350. The summed E-state index contributed by atoms with van der Waals surface area (Å²) in [7, 11) is 0. The Morgan fingerprint density at radius 3 is 2.60 bits per heavy atom. The molecule has 25 heavy (non-hydrogen) atoms. The molecule has 0 unspecified atom stereocenters. The molecule has 2 atom stereocenters. The lowest BCUT2D eigenvalue weighted by Gasteiger charge is -2.28. The summed E-state index contributed by atoms with van der Waals surface area (Å²) in [6.07, 6.45) is 0.00535. The van der Waals surface area contributed by atoms with Crippen molar-refractivity contribution in [3.63, 3.8) is 0 Å². The number of nitrogens with zero attached hydrogens (tertiary/aromatic N) is 1. The van der Waals surface area contributed by atoms with Crippen LogP contribution in [0, 0.1) is 0 Å². The summed E-state index contributed by atoms with van der Waals surface area (Å²) in [5.41, 5.74) is 4.30. The van der Waals surface area contributed by atoms with Crippen LogP contribution in [0.25, 0.3) is 0 Å². The second kappa shape index (κ2) is 6.86. The summed E-state index contributed by atoms with van der Waals surface area (Å²) in [6, 6.07) is 15.7. The van der Waals surface area contributed by atoms with Crippen LogP contribution < -0.4 is 10.2 Å². The maximum atomic E-state index is 12.5. The van der Waals surface area contributed by atoms with Gasteiger partial charge in [-0.25, -0.2) is 0 Å². The Morgan fingerprint density at radius 2 is 1.88 bits per heavy atom. The highest BCUT2D eigenvalue weighted by Gasteiger charge is 2.26. The van der Waals surface area contributed by atoms with Crippen molar-refractivity contribution in [3.8, 4) is 0 Å². The molecule has 5 heteroatoms. The number of aliphatic hydroxyl groups is 1. The topological polar surface area (TPSA) is 61.8 Å². The first kappa shape index (κ1) is 16.1. The molecule has 4 rings (SSSR count). The minimum atomic E-state index is -0.547. The van der Waals surface area contributed by atoms with Gasteiger partial charge in [0.05, 0.1) is 18.8 Å². The van der Waals surface area contributed by atoms with Crippen LogP contribution in [0.1, 0.15) is 27.9 Å². The van der Waals surface area contributed by atoms with E-state index in [-0.39, 0.29) is 11.9 Å². The second-order valence-corrected chi connectivity index (χ2v) is 6.69. The molecule has 5 nitrogen and oxygen atoms in total. The fourth-order valence-corrected chi connectivity index (χ4v) is 3.48. The fourth-order valence-electron chi connectivity index (χ4n) is 3.48. The molecule has 2 aromatic carbocycles. The lowest BCUT2D eigenvalue weighted by Crippen LogP contribution is -2.49. The molecule has 130 valence electrons. The number of rotatable bonds is 3. The first-order valence-corrected chi connectivity index (χ1v) is 8.69. The van der Waals surface area contributed by atoms with Crippen LogP contribution in [-0.2, 0) is 17.8 Å². The van der Waals surface area contributed by atoms with Crippen molar-refractivity contribution in [2.45, 2.75) is 31.7 Å². The maximum absolute atomic E-state index is 12.5. The number of carbonyl (C=O) groups is 1. The van der Waals surface area contributed by atoms with Gasteiger partial charge in [0.15, 0.2) is 0 Å². The summed E-state index contributed by atoms with van der Waals surface area (Å²) in [4.78, 5) is 14.8. The molecule has 0 aliphatic carbocycles. The molecule has 1 saturated heterocycles. The number of amides is 1. The number of aliphatic hydroxyl groups excluding tert-OH is 1. The van der Waals surface area contributed by atoms with Crippen molar-refractivity contribution >= 4 is 11.6 Å². The zero-order valence-corrected chi connectivity index (χ0v) is 14.0. The van der Waals surface area contributed by atoms with Crippen molar-refractivity contribution < 1.29 is 14.6 Å². The van der Waals surface area contributed by atoms with Gasteiger partial charge in [0, 0.05) is 30.9 Å². The zero-order chi connectivity index (χ0) is 17.2. The van der Waals surface area contributed by atoms with Crippen molar-refractivity contribution in [2.24, 2.45) is 0 Å². The highest BCUT2D eigenvalue weighted by atomic mass is 16.5. The number of ether oxygens (including phenoxy) is 1. The summed E-state index contributed by atoms with van der Waals surface area (Å²) in [6.45, 7) is 2.61. The standard InChI is InChI=1S/C20H22N2O3/c23-19-8-9-25-13-18(19)21-20(24)14-6-3-7-17(10-14)22-11-15-4-1-2-5-16(15)12-22/h1-7,10,18-19,23H,8-9,11-13H2,(H,21,24)/t18-,19-/m1/s1. The van der Waals surface area contributed by atoms with Gasteiger partial charge in [-0.05, 0) is 35.7 Å². The van der Waals surface area contributed by atoms with Gasteiger partial charge in [0.2, 0.25) is 0 Å². The van der Waals surface area contributed by atoms with Crippen LogP contribution in [-0.4, -0.2) is 36.4 Å². The second-order valence-electron chi connectivity index (χ2n) is 6.69. The Balaban J connectivity index is 1.47. The van der Waals surface area contributed by atoms with E-state index in [0.29, 0.717) is 25.2 Å². The number of fused-ring (bicyclic) bond motifs is 1. The van der Waals surface area contributed by atoms with E-state index >= 15 is 0 Å². The Bertz CT molecular complexity index is 752. The van der Waals surface area contributed by atoms with Gasteiger partial charge in [-0.15, -0.1) is 0 Å². The monoisotopic (exact) mass is 338 g/mol. The number of benzene rings is 2. The van der Waals surface area contributed by atoms with Crippen LogP contribution in [0.15, 0.2) is 48.5 Å². The van der Waals surface area contributed by atoms with Crippen LogP contribution in [0.4, 0.5) is 5.69 Å². The maximum Gasteiger partial charge on any atom is 0.251 e. The van der Waals surface area contributed by atoms with Gasteiger partial charge in [-0.2, -0.15) is 0 Å². The Hall–Kier alpha value is -2.37. The first-order valence-electron chi connectivity index (χ1n) is 8.69. The molecule has 2 heterocycles. The summed E-state index contributed by atoms with van der Waals surface area (Å²) >= 11 is 0. The van der Waals surface area contributed by atoms with Crippen LogP contribution in [0.3, 0.4) is 0 Å². The molecular formula is C20H22N2O3. The van der Waals surface area contributed by atoms with Gasteiger partial charge >= 0.3 is 0 Å². The third-order valence-electron chi connectivity index (χ3n) is 4.95. The van der Waals surface area contributed by atoms with Crippen LogP contribution in [0.2, 0.25) is 0 Å². The lowest BCUT2D eigenvalue weighted by molar-refractivity contribution is -0.0140. The number of hydrogen-bond acceptors (Lipinski definition) is 4. The molecule has 0 bridgehead atoms. The van der Waals surface area contributed by atoms with Crippen molar-refractivity contribution in [1.29, 1.82) is 0 Å². The molecule has 1 fully saturated rings. The summed E-state index contributed by atoms with van der Waals surface area (Å²) in [5, 5.41) is 12.9. The molecule has 0 aromatic heterocycles. The molecule has 2 aliphatic heterocycles. The number of carbonyl (C=O) groups excluding carboxylic acids is 1. The molecule has 1 amide bonds. The minimum Gasteiger partial charge on any atom is -0.391 e. The molecule has 0 spiro atoms. The van der Waals surface area contributed by atoms with Crippen molar-refractivity contribution in [2.75, 3.05) is 18.1 Å². The first-order chi connectivity index (χ1) is 12.2. The van der Waals surface area contributed by atoms with E-state index in [0.717, 1.165) is 18.8 Å². The Morgan fingerprint density at radius 1 is 1.12 bits per heavy atom. The van der Waals surface area contributed by atoms with Crippen molar-refractivity contribution in [3.05, 3.63) is 65.2 Å². The van der Waals surface area contributed by atoms with Crippen LogP contribution >= 0.6 is 0 Å². The highest BCUT2D eigenvalue weighted by molar-refractivity contribution is 5.95. The average Bonchev–Trinajstić information content (AvgIpc) is 3.08. The highest BCUT2D eigenvalue weighted by Crippen LogP contribution is 2.28. The van der Waals surface area contributed by atoms with E-state index in [1.54, 1.807) is 6.07 Å². The smallest absolute Gasteiger partial charge is 0.251 e. The van der Waals surface area contributed by atoms with Gasteiger partial charge in [0.25, 0.3) is 5.91 Å². The Labute approximate surface area is 147 Å². The number of nitrogens with one attached hydrogen (secondary N) is 1. The van der Waals surface area contributed by atoms with Gasteiger partial charge in [0.1, 0.15) is 0 Å². The third-order valence-corrected chi connectivity index (χ3v) is 4.95. The van der Waals surface area contributed by atoms with Gasteiger partial charge < -0.3 is 20.1 Å². The molecule has 0 saturated carbocycles.